The van der Waals surface area contributed by atoms with Gasteiger partial charge in [-0.2, -0.15) is 5.10 Å². The van der Waals surface area contributed by atoms with Gasteiger partial charge in [-0.1, -0.05) is 0 Å². The predicted octanol–water partition coefficient (Wildman–Crippen LogP) is 0.108. The summed E-state index contributed by atoms with van der Waals surface area (Å²) >= 11 is 0. The van der Waals surface area contributed by atoms with Crippen molar-refractivity contribution >= 4 is 5.91 Å². The topological polar surface area (TPSA) is 71.1 Å². The highest BCUT2D eigenvalue weighted by molar-refractivity contribution is 5.75. The van der Waals surface area contributed by atoms with E-state index in [-0.39, 0.29) is 5.91 Å². The van der Waals surface area contributed by atoms with Gasteiger partial charge in [-0.25, -0.2) is 4.98 Å². The maximum Gasteiger partial charge on any atom is 0.225 e. The van der Waals surface area contributed by atoms with Gasteiger partial charge in [-0.3, -0.25) is 9.89 Å². The van der Waals surface area contributed by atoms with Crippen molar-refractivity contribution in [3.8, 4) is 0 Å². The molecule has 0 unspecified atom stereocenters. The van der Waals surface area contributed by atoms with Gasteiger partial charge in [0.1, 0.15) is 5.82 Å². The van der Waals surface area contributed by atoms with Crippen molar-refractivity contribution in [1.29, 1.82) is 0 Å². The second-order valence-electron chi connectivity index (χ2n) is 3.33. The van der Waals surface area contributed by atoms with Crippen LogP contribution < -0.4 is 0 Å². The Morgan fingerprint density at radius 3 is 2.87 bits per heavy atom. The first-order valence-electron chi connectivity index (χ1n) is 4.74. The molecule has 0 aliphatic heterocycles. The molecule has 1 amide bonds. The van der Waals surface area contributed by atoms with Crippen LogP contribution >= 0.6 is 0 Å². The van der Waals surface area contributed by atoms with E-state index in [0.717, 1.165) is 5.82 Å². The molecule has 0 fully saturated rings. The quantitative estimate of drug-likeness (QED) is 0.752. The molecular weight excluding hydrogens is 196 g/mol. The zero-order valence-electron chi connectivity index (χ0n) is 9.28. The Morgan fingerprint density at radius 1 is 1.60 bits per heavy atom. The molecule has 0 bridgehead atoms. The number of rotatable bonds is 5. The number of amides is 1. The zero-order valence-corrected chi connectivity index (χ0v) is 9.28. The van der Waals surface area contributed by atoms with Gasteiger partial charge in [-0.05, 0) is 6.92 Å². The summed E-state index contributed by atoms with van der Waals surface area (Å²) in [4.78, 5) is 17.2. The standard InChI is InChI=1S/C9H16N4O2/c1-7-10-8(12-11-7)6-13(2)9(14)4-5-15-3/h4-6H2,1-3H3,(H,10,11,12). The van der Waals surface area contributed by atoms with Crippen LogP contribution in [-0.2, 0) is 16.1 Å². The highest BCUT2D eigenvalue weighted by Crippen LogP contribution is 1.99. The van der Waals surface area contributed by atoms with Crippen LogP contribution in [0.4, 0.5) is 0 Å². The number of carbonyl (C=O) groups excluding carboxylic acids is 1. The lowest BCUT2D eigenvalue weighted by Gasteiger charge is -2.14. The number of ether oxygens (including phenoxy) is 1. The Balaban J connectivity index is 2.41. The Hall–Kier alpha value is -1.43. The maximum absolute atomic E-state index is 11.5. The second kappa shape index (κ2) is 5.45. The monoisotopic (exact) mass is 212 g/mol. The third-order valence-corrected chi connectivity index (χ3v) is 1.97. The van der Waals surface area contributed by atoms with E-state index in [9.17, 15) is 4.79 Å². The number of aromatic nitrogens is 3. The number of hydrogen-bond acceptors (Lipinski definition) is 4. The molecule has 1 N–H and O–H groups in total. The lowest BCUT2D eigenvalue weighted by atomic mass is 10.4. The van der Waals surface area contributed by atoms with Crippen LogP contribution in [-0.4, -0.2) is 46.8 Å². The van der Waals surface area contributed by atoms with Gasteiger partial charge < -0.3 is 9.64 Å². The minimum absolute atomic E-state index is 0.0271. The molecule has 0 spiro atoms. The van der Waals surface area contributed by atoms with Gasteiger partial charge >= 0.3 is 0 Å². The van der Waals surface area contributed by atoms with Crippen LogP contribution in [0.25, 0.3) is 0 Å². The normalized spacial score (nSPS) is 10.3. The molecule has 0 saturated heterocycles. The fourth-order valence-corrected chi connectivity index (χ4v) is 1.14. The Kier molecular flexibility index (Phi) is 4.23. The molecule has 6 heteroatoms. The van der Waals surface area contributed by atoms with Crippen LogP contribution in [0.2, 0.25) is 0 Å². The average Bonchev–Trinajstić information content (AvgIpc) is 2.60. The number of aromatic amines is 1. The third-order valence-electron chi connectivity index (χ3n) is 1.97. The first-order chi connectivity index (χ1) is 7.13. The minimum Gasteiger partial charge on any atom is -0.384 e. The summed E-state index contributed by atoms with van der Waals surface area (Å²) in [7, 11) is 3.30. The summed E-state index contributed by atoms with van der Waals surface area (Å²) < 4.78 is 4.83. The van der Waals surface area contributed by atoms with Gasteiger partial charge in [-0.15, -0.1) is 0 Å². The number of H-pyrrole nitrogens is 1. The molecule has 1 rings (SSSR count). The van der Waals surface area contributed by atoms with Crippen molar-refractivity contribution in [2.75, 3.05) is 20.8 Å². The van der Waals surface area contributed by atoms with Gasteiger partial charge in [0, 0.05) is 14.2 Å². The van der Waals surface area contributed by atoms with Crippen LogP contribution in [0, 0.1) is 6.92 Å². The first-order valence-corrected chi connectivity index (χ1v) is 4.74. The van der Waals surface area contributed by atoms with E-state index in [2.05, 4.69) is 15.2 Å². The summed E-state index contributed by atoms with van der Waals surface area (Å²) in [5, 5.41) is 6.69. The van der Waals surface area contributed by atoms with Crippen LogP contribution in [0.3, 0.4) is 0 Å². The largest absolute Gasteiger partial charge is 0.384 e. The molecule has 0 aromatic carbocycles. The molecule has 1 aromatic heterocycles. The van der Waals surface area contributed by atoms with Crippen molar-refractivity contribution in [3.63, 3.8) is 0 Å². The van der Waals surface area contributed by atoms with Gasteiger partial charge in [0.25, 0.3) is 0 Å². The number of nitrogens with zero attached hydrogens (tertiary/aromatic N) is 3. The van der Waals surface area contributed by atoms with E-state index in [0.29, 0.717) is 25.4 Å². The summed E-state index contributed by atoms with van der Waals surface area (Å²) in [5.74, 6) is 1.41. The Labute approximate surface area is 88.6 Å². The molecule has 0 saturated carbocycles. The van der Waals surface area contributed by atoms with Crippen molar-refractivity contribution in [1.82, 2.24) is 20.1 Å². The van der Waals surface area contributed by atoms with Gasteiger partial charge in [0.15, 0.2) is 5.82 Å². The Morgan fingerprint density at radius 2 is 2.33 bits per heavy atom. The summed E-state index contributed by atoms with van der Waals surface area (Å²) in [5.41, 5.74) is 0. The second-order valence-corrected chi connectivity index (χ2v) is 3.33. The van der Waals surface area contributed by atoms with Crippen LogP contribution in [0.1, 0.15) is 18.1 Å². The molecular formula is C9H16N4O2. The summed E-state index contributed by atoms with van der Waals surface area (Å²) in [6, 6.07) is 0. The predicted molar refractivity (Wildman–Crippen MR) is 54.1 cm³/mol. The van der Waals surface area contributed by atoms with E-state index in [4.69, 9.17) is 4.74 Å². The van der Waals surface area contributed by atoms with Crippen molar-refractivity contribution in [2.45, 2.75) is 19.9 Å². The lowest BCUT2D eigenvalue weighted by molar-refractivity contribution is -0.131. The maximum atomic E-state index is 11.5. The molecule has 0 aliphatic carbocycles. The molecule has 6 nitrogen and oxygen atoms in total. The summed E-state index contributed by atoms with van der Waals surface area (Å²) in [6.07, 6.45) is 0.385. The molecule has 1 heterocycles. The SMILES string of the molecule is COCCC(=O)N(C)Cc1n[nH]c(C)n1. The average molecular weight is 212 g/mol. The number of methoxy groups -OCH3 is 1. The highest BCUT2D eigenvalue weighted by atomic mass is 16.5. The fraction of sp³-hybridized carbons (Fsp3) is 0.667. The highest BCUT2D eigenvalue weighted by Gasteiger charge is 2.10. The Bertz CT molecular complexity index is 324. The number of nitrogens with one attached hydrogen (secondary N) is 1. The number of aryl methyl sites for hydroxylation is 1. The zero-order chi connectivity index (χ0) is 11.3. The van der Waals surface area contributed by atoms with Crippen molar-refractivity contribution in [2.24, 2.45) is 0 Å². The van der Waals surface area contributed by atoms with Crippen molar-refractivity contribution < 1.29 is 9.53 Å². The van der Waals surface area contributed by atoms with Gasteiger partial charge in [0.05, 0.1) is 19.6 Å². The minimum atomic E-state index is 0.0271. The molecule has 15 heavy (non-hydrogen) atoms. The van der Waals surface area contributed by atoms with E-state index in [1.165, 1.54) is 0 Å². The summed E-state index contributed by atoms with van der Waals surface area (Å²) in [6.45, 7) is 2.69. The lowest BCUT2D eigenvalue weighted by Crippen LogP contribution is -2.27. The third kappa shape index (κ3) is 3.67. The molecule has 84 valence electrons. The molecule has 0 radical (unpaired) electrons. The molecule has 0 atom stereocenters. The first kappa shape index (κ1) is 11.6. The molecule has 0 aliphatic rings. The molecule has 1 aromatic rings. The van der Waals surface area contributed by atoms with Crippen LogP contribution in [0.15, 0.2) is 0 Å². The van der Waals surface area contributed by atoms with Crippen LogP contribution in [0.5, 0.6) is 0 Å². The van der Waals surface area contributed by atoms with E-state index >= 15 is 0 Å². The van der Waals surface area contributed by atoms with Gasteiger partial charge in [0.2, 0.25) is 5.91 Å². The van der Waals surface area contributed by atoms with E-state index in [1.807, 2.05) is 6.92 Å². The van der Waals surface area contributed by atoms with E-state index < -0.39 is 0 Å². The van der Waals surface area contributed by atoms with Crippen molar-refractivity contribution in [3.05, 3.63) is 11.6 Å². The fourth-order valence-electron chi connectivity index (χ4n) is 1.14. The number of hydrogen-bond donors (Lipinski definition) is 1. The number of carbonyl (C=O) groups is 1. The van der Waals surface area contributed by atoms with E-state index in [1.54, 1.807) is 19.1 Å². The smallest absolute Gasteiger partial charge is 0.225 e.